The van der Waals surface area contributed by atoms with Crippen molar-refractivity contribution in [3.63, 3.8) is 0 Å². The van der Waals surface area contributed by atoms with E-state index in [4.69, 9.17) is 14.2 Å². The van der Waals surface area contributed by atoms with Crippen molar-refractivity contribution in [3.8, 4) is 0 Å². The summed E-state index contributed by atoms with van der Waals surface area (Å²) in [5.74, 6) is -2.31. The van der Waals surface area contributed by atoms with Crippen molar-refractivity contribution in [1.29, 1.82) is 0 Å². The zero-order valence-corrected chi connectivity index (χ0v) is 12.7. The summed E-state index contributed by atoms with van der Waals surface area (Å²) in [5, 5.41) is 5.54. The number of halogens is 2. The summed E-state index contributed by atoms with van der Waals surface area (Å²) in [5.41, 5.74) is -0.735. The van der Waals surface area contributed by atoms with Crippen molar-refractivity contribution >= 4 is 28.1 Å². The smallest absolute Gasteiger partial charge is 0.415 e. The molecule has 2 saturated carbocycles. The SMILES string of the molecule is CC12CC3CC1OS(=O)(=O)C2C3OC(=O)C(F)(F)SOOO. The van der Waals surface area contributed by atoms with E-state index in [1.54, 1.807) is 6.92 Å². The van der Waals surface area contributed by atoms with Gasteiger partial charge in [0.25, 0.3) is 10.1 Å². The largest absolute Gasteiger partial charge is 0.455 e. The quantitative estimate of drug-likeness (QED) is 0.253. The Bertz CT molecular complexity index is 596. The Kier molecular flexibility index (Phi) is 3.70. The number of carbonyl (C=O) groups excluding carboxylic acids is 1. The van der Waals surface area contributed by atoms with Crippen molar-refractivity contribution in [1.82, 2.24) is 0 Å². The molecule has 0 aromatic carbocycles. The molecule has 12 heteroatoms. The standard InChI is InChI=1S/C10H12F2O8S2/c1-9-3-4-2-5(9)18-22(15,16)7(9)6(4)17-8(13)10(11,12)21-20-19-14/h4-7,14H,2-3H2,1H3. The maximum Gasteiger partial charge on any atom is 0.415 e. The van der Waals surface area contributed by atoms with Crippen LogP contribution in [-0.2, 0) is 33.2 Å². The fourth-order valence-corrected chi connectivity index (χ4v) is 6.29. The molecular formula is C10H12F2O8S2. The second-order valence-electron chi connectivity index (χ2n) is 5.82. The van der Waals surface area contributed by atoms with E-state index in [2.05, 4.69) is 9.37 Å². The number of hydrogen-bond donors (Lipinski definition) is 1. The number of fused-ring (bicyclic) bond motifs is 1. The third kappa shape index (κ3) is 2.24. The summed E-state index contributed by atoms with van der Waals surface area (Å²) < 4.78 is 64.2. The van der Waals surface area contributed by atoms with Crippen molar-refractivity contribution in [2.75, 3.05) is 0 Å². The lowest BCUT2D eigenvalue weighted by Crippen LogP contribution is -2.45. The summed E-state index contributed by atoms with van der Waals surface area (Å²) in [6, 6.07) is 0. The second-order valence-corrected chi connectivity index (χ2v) is 8.32. The van der Waals surface area contributed by atoms with Gasteiger partial charge < -0.3 is 4.74 Å². The van der Waals surface area contributed by atoms with E-state index in [0.29, 0.717) is 12.8 Å². The molecule has 3 fully saturated rings. The Hall–Kier alpha value is -0.530. The Labute approximate surface area is 128 Å². The lowest BCUT2D eigenvalue weighted by Gasteiger charge is -2.30. The molecule has 0 radical (unpaired) electrons. The first-order valence-corrected chi connectivity index (χ1v) is 8.50. The van der Waals surface area contributed by atoms with Gasteiger partial charge >= 0.3 is 11.2 Å². The molecule has 2 bridgehead atoms. The first-order chi connectivity index (χ1) is 10.1. The van der Waals surface area contributed by atoms with E-state index < -0.39 is 56.3 Å². The first-order valence-electron chi connectivity index (χ1n) is 6.29. The molecule has 5 atom stereocenters. The van der Waals surface area contributed by atoms with Gasteiger partial charge in [-0.2, -0.15) is 17.2 Å². The molecule has 1 N–H and O–H groups in total. The predicted octanol–water partition coefficient (Wildman–Crippen LogP) is 1.09. The Morgan fingerprint density at radius 3 is 2.82 bits per heavy atom. The monoisotopic (exact) mass is 362 g/mol. The van der Waals surface area contributed by atoms with E-state index in [-0.39, 0.29) is 5.92 Å². The fourth-order valence-electron chi connectivity index (χ4n) is 3.80. The van der Waals surface area contributed by atoms with Crippen LogP contribution in [0, 0.1) is 11.3 Å². The number of hydrogen-bond acceptors (Lipinski definition) is 9. The lowest BCUT2D eigenvalue weighted by molar-refractivity contribution is -0.433. The molecule has 0 spiro atoms. The molecule has 2 aliphatic carbocycles. The second kappa shape index (κ2) is 4.98. The molecule has 0 amide bonds. The number of alkyl halides is 2. The summed E-state index contributed by atoms with van der Waals surface area (Å²) in [6.45, 7) is 1.69. The van der Waals surface area contributed by atoms with Crippen LogP contribution in [-0.4, -0.2) is 42.4 Å². The average Bonchev–Trinajstić information content (AvgIpc) is 2.89. The Morgan fingerprint density at radius 2 is 2.18 bits per heavy atom. The van der Waals surface area contributed by atoms with Gasteiger partial charge in [-0.05, 0) is 12.8 Å². The minimum atomic E-state index is -4.16. The molecule has 3 rings (SSSR count). The highest BCUT2D eigenvalue weighted by atomic mass is 32.2. The number of ether oxygens (including phenoxy) is 1. The van der Waals surface area contributed by atoms with Crippen LogP contribution >= 0.6 is 12.0 Å². The minimum absolute atomic E-state index is 0.332. The summed E-state index contributed by atoms with van der Waals surface area (Å²) in [7, 11) is -3.97. The third-order valence-electron chi connectivity index (χ3n) is 4.58. The molecule has 1 aliphatic heterocycles. The van der Waals surface area contributed by atoms with E-state index in [1.807, 2.05) is 0 Å². The maximum absolute atomic E-state index is 13.4. The van der Waals surface area contributed by atoms with Gasteiger partial charge in [-0.1, -0.05) is 12.0 Å². The minimum Gasteiger partial charge on any atom is -0.455 e. The fraction of sp³-hybridized carbons (Fsp3) is 0.900. The molecule has 0 aromatic heterocycles. The number of esters is 1. The lowest BCUT2D eigenvalue weighted by atomic mass is 9.82. The van der Waals surface area contributed by atoms with Crippen molar-refractivity contribution in [2.45, 2.75) is 42.5 Å². The van der Waals surface area contributed by atoms with Gasteiger partial charge in [-0.25, -0.2) is 10.1 Å². The normalized spacial score (nSPS) is 41.8. The van der Waals surface area contributed by atoms with Gasteiger partial charge in [-0.15, -0.1) is 4.33 Å². The van der Waals surface area contributed by atoms with Crippen LogP contribution in [0.4, 0.5) is 8.78 Å². The molecule has 1 saturated heterocycles. The van der Waals surface area contributed by atoms with Crippen LogP contribution in [0.5, 0.6) is 0 Å². The van der Waals surface area contributed by atoms with Crippen molar-refractivity contribution < 1.29 is 45.5 Å². The molecule has 22 heavy (non-hydrogen) atoms. The van der Waals surface area contributed by atoms with E-state index >= 15 is 0 Å². The van der Waals surface area contributed by atoms with Crippen LogP contribution in [0.3, 0.4) is 0 Å². The van der Waals surface area contributed by atoms with Crippen LogP contribution in [0.1, 0.15) is 19.8 Å². The number of carbonyl (C=O) groups is 1. The zero-order valence-electron chi connectivity index (χ0n) is 11.1. The van der Waals surface area contributed by atoms with E-state index in [1.165, 1.54) is 0 Å². The molecule has 126 valence electrons. The highest BCUT2D eigenvalue weighted by Crippen LogP contribution is 2.63. The van der Waals surface area contributed by atoms with E-state index in [0.717, 1.165) is 0 Å². The van der Waals surface area contributed by atoms with Gasteiger partial charge in [0, 0.05) is 11.3 Å². The van der Waals surface area contributed by atoms with Crippen molar-refractivity contribution in [2.24, 2.45) is 11.3 Å². The van der Waals surface area contributed by atoms with Gasteiger partial charge in [0.05, 0.1) is 6.10 Å². The van der Waals surface area contributed by atoms with Crippen LogP contribution in [0.15, 0.2) is 0 Å². The van der Waals surface area contributed by atoms with Crippen molar-refractivity contribution in [3.05, 3.63) is 0 Å². The predicted molar refractivity (Wildman–Crippen MR) is 65.6 cm³/mol. The molecule has 1 heterocycles. The highest BCUT2D eigenvalue weighted by molar-refractivity contribution is 7.96. The van der Waals surface area contributed by atoms with Gasteiger partial charge in [-0.3, -0.25) is 4.18 Å². The molecule has 8 nitrogen and oxygen atoms in total. The van der Waals surface area contributed by atoms with Gasteiger partial charge in [0.1, 0.15) is 23.4 Å². The molecule has 0 aromatic rings. The van der Waals surface area contributed by atoms with Crippen LogP contribution in [0.2, 0.25) is 0 Å². The topological polar surface area (TPSA) is 108 Å². The van der Waals surface area contributed by atoms with Gasteiger partial charge in [0.15, 0.2) is 0 Å². The first kappa shape index (κ1) is 16.3. The van der Waals surface area contributed by atoms with Crippen LogP contribution in [0.25, 0.3) is 0 Å². The van der Waals surface area contributed by atoms with Gasteiger partial charge in [0.2, 0.25) is 0 Å². The zero-order chi connectivity index (χ0) is 16.3. The highest BCUT2D eigenvalue weighted by Gasteiger charge is 2.73. The average molecular weight is 362 g/mol. The summed E-state index contributed by atoms with van der Waals surface area (Å²) >= 11 is -0.752. The molecule has 5 unspecified atom stereocenters. The van der Waals surface area contributed by atoms with E-state index in [9.17, 15) is 22.0 Å². The third-order valence-corrected chi connectivity index (χ3v) is 7.01. The molecular weight excluding hydrogens is 350 g/mol. The number of rotatable bonds is 5. The van der Waals surface area contributed by atoms with Crippen LogP contribution < -0.4 is 0 Å². The summed E-state index contributed by atoms with van der Waals surface area (Å²) in [4.78, 5) is 11.5. The Balaban J connectivity index is 1.78. The Morgan fingerprint density at radius 1 is 1.50 bits per heavy atom. The summed E-state index contributed by atoms with van der Waals surface area (Å²) in [6.07, 6.45) is -0.931. The maximum atomic E-state index is 13.4. The molecule has 3 aliphatic rings.